The Morgan fingerprint density at radius 2 is 1.95 bits per heavy atom. The molecule has 0 aliphatic rings. The number of methoxy groups -OCH3 is 1. The van der Waals surface area contributed by atoms with E-state index in [9.17, 15) is 13.9 Å². The van der Waals surface area contributed by atoms with Crippen molar-refractivity contribution in [1.29, 1.82) is 0 Å². The molecule has 0 fully saturated rings. The molecule has 0 bridgehead atoms. The lowest BCUT2D eigenvalue weighted by atomic mass is 10.1. The highest BCUT2D eigenvalue weighted by molar-refractivity contribution is 5.21. The highest BCUT2D eigenvalue weighted by atomic mass is 19.2. The maximum absolute atomic E-state index is 13.6. The van der Waals surface area contributed by atoms with Gasteiger partial charge in [-0.3, -0.25) is 4.90 Å². The van der Waals surface area contributed by atoms with Gasteiger partial charge in [0.1, 0.15) is 0 Å². The van der Waals surface area contributed by atoms with Crippen LogP contribution in [0.4, 0.5) is 8.78 Å². The minimum absolute atomic E-state index is 0.0143. The Labute approximate surface area is 119 Å². The van der Waals surface area contributed by atoms with Gasteiger partial charge in [0.2, 0.25) is 0 Å². The fraction of sp³-hybridized carbons (Fsp3) is 0.600. The molecule has 0 saturated heterocycles. The first kappa shape index (κ1) is 17.0. The minimum Gasteiger partial charge on any atom is -0.388 e. The summed E-state index contributed by atoms with van der Waals surface area (Å²) in [6.45, 7) is 6.03. The SMILES string of the molecule is COCCN(CCC(O)c1cccc(F)c1F)C(C)C. The summed E-state index contributed by atoms with van der Waals surface area (Å²) in [5.41, 5.74) is 0.0143. The third kappa shape index (κ3) is 4.81. The molecule has 1 N–H and O–H groups in total. The van der Waals surface area contributed by atoms with Crippen molar-refractivity contribution in [2.45, 2.75) is 32.4 Å². The zero-order chi connectivity index (χ0) is 15.1. The molecule has 5 heteroatoms. The largest absolute Gasteiger partial charge is 0.388 e. The molecule has 3 nitrogen and oxygen atoms in total. The van der Waals surface area contributed by atoms with Crippen LogP contribution in [0.1, 0.15) is 31.9 Å². The molecule has 0 heterocycles. The van der Waals surface area contributed by atoms with Gasteiger partial charge in [-0.2, -0.15) is 0 Å². The molecule has 1 rings (SSSR count). The van der Waals surface area contributed by atoms with Crippen LogP contribution in [0.25, 0.3) is 0 Å². The maximum Gasteiger partial charge on any atom is 0.164 e. The van der Waals surface area contributed by atoms with Crippen molar-refractivity contribution >= 4 is 0 Å². The Morgan fingerprint density at radius 3 is 2.55 bits per heavy atom. The van der Waals surface area contributed by atoms with Crippen molar-refractivity contribution in [2.24, 2.45) is 0 Å². The number of benzene rings is 1. The van der Waals surface area contributed by atoms with E-state index in [1.54, 1.807) is 7.11 Å². The van der Waals surface area contributed by atoms with Gasteiger partial charge < -0.3 is 9.84 Å². The molecule has 0 amide bonds. The van der Waals surface area contributed by atoms with E-state index in [4.69, 9.17) is 4.74 Å². The van der Waals surface area contributed by atoms with Gasteiger partial charge in [-0.25, -0.2) is 8.78 Å². The first-order valence-electron chi connectivity index (χ1n) is 6.82. The highest BCUT2D eigenvalue weighted by Crippen LogP contribution is 2.22. The quantitative estimate of drug-likeness (QED) is 0.798. The van der Waals surface area contributed by atoms with Crippen LogP contribution in [-0.2, 0) is 4.74 Å². The lowest BCUT2D eigenvalue weighted by molar-refractivity contribution is 0.100. The number of halogens is 2. The lowest BCUT2D eigenvalue weighted by Crippen LogP contribution is -2.35. The van der Waals surface area contributed by atoms with E-state index in [1.165, 1.54) is 12.1 Å². The number of hydrogen-bond donors (Lipinski definition) is 1. The summed E-state index contributed by atoms with van der Waals surface area (Å²) in [4.78, 5) is 2.13. The monoisotopic (exact) mass is 287 g/mol. The molecule has 1 aromatic rings. The predicted molar refractivity (Wildman–Crippen MR) is 74.5 cm³/mol. The van der Waals surface area contributed by atoms with Gasteiger partial charge in [-0.05, 0) is 26.3 Å². The maximum atomic E-state index is 13.6. The normalized spacial score (nSPS) is 13.2. The molecule has 0 aliphatic heterocycles. The van der Waals surface area contributed by atoms with Crippen LogP contribution in [0.5, 0.6) is 0 Å². The zero-order valence-corrected chi connectivity index (χ0v) is 12.3. The summed E-state index contributed by atoms with van der Waals surface area (Å²) >= 11 is 0. The molecule has 114 valence electrons. The minimum atomic E-state index is -1.01. The summed E-state index contributed by atoms with van der Waals surface area (Å²) < 4.78 is 31.7. The molecular weight excluding hydrogens is 264 g/mol. The molecule has 0 radical (unpaired) electrons. The molecule has 0 aliphatic carbocycles. The van der Waals surface area contributed by atoms with Crippen molar-refractivity contribution in [3.05, 3.63) is 35.4 Å². The second kappa shape index (κ2) is 8.29. The summed E-state index contributed by atoms with van der Waals surface area (Å²) in [6.07, 6.45) is -0.656. The van der Waals surface area contributed by atoms with E-state index < -0.39 is 17.7 Å². The summed E-state index contributed by atoms with van der Waals surface area (Å²) in [6, 6.07) is 4.17. The number of aliphatic hydroxyl groups is 1. The topological polar surface area (TPSA) is 32.7 Å². The van der Waals surface area contributed by atoms with E-state index >= 15 is 0 Å². The van der Waals surface area contributed by atoms with E-state index in [0.717, 1.165) is 12.6 Å². The predicted octanol–water partition coefficient (Wildman–Crippen LogP) is 2.75. The van der Waals surface area contributed by atoms with E-state index in [0.29, 0.717) is 25.6 Å². The van der Waals surface area contributed by atoms with Gasteiger partial charge in [0.25, 0.3) is 0 Å². The lowest BCUT2D eigenvalue weighted by Gasteiger charge is -2.27. The first-order valence-corrected chi connectivity index (χ1v) is 6.82. The smallest absolute Gasteiger partial charge is 0.164 e. The summed E-state index contributed by atoms with van der Waals surface area (Å²) in [7, 11) is 1.63. The number of hydrogen-bond acceptors (Lipinski definition) is 3. The fourth-order valence-corrected chi connectivity index (χ4v) is 2.06. The standard InChI is InChI=1S/C15H23F2NO2/c1-11(2)18(9-10-20-3)8-7-14(19)12-5-4-6-13(16)15(12)17/h4-6,11,14,19H,7-10H2,1-3H3. The fourth-order valence-electron chi connectivity index (χ4n) is 2.06. The molecule has 1 unspecified atom stereocenters. The van der Waals surface area contributed by atoms with Crippen molar-refractivity contribution in [2.75, 3.05) is 26.8 Å². The van der Waals surface area contributed by atoms with Crippen LogP contribution >= 0.6 is 0 Å². The number of ether oxygens (including phenoxy) is 1. The number of rotatable bonds is 8. The van der Waals surface area contributed by atoms with Gasteiger partial charge in [0.15, 0.2) is 11.6 Å². The third-order valence-electron chi connectivity index (χ3n) is 3.34. The third-order valence-corrected chi connectivity index (χ3v) is 3.34. The highest BCUT2D eigenvalue weighted by Gasteiger charge is 2.18. The van der Waals surface area contributed by atoms with Crippen LogP contribution in [-0.4, -0.2) is 42.9 Å². The van der Waals surface area contributed by atoms with Crippen LogP contribution in [0.2, 0.25) is 0 Å². The van der Waals surface area contributed by atoms with Crippen LogP contribution < -0.4 is 0 Å². The van der Waals surface area contributed by atoms with Crippen LogP contribution in [0, 0.1) is 11.6 Å². The first-order chi connectivity index (χ1) is 9.47. The van der Waals surface area contributed by atoms with Crippen LogP contribution in [0.15, 0.2) is 18.2 Å². The molecule has 20 heavy (non-hydrogen) atoms. The second-order valence-electron chi connectivity index (χ2n) is 5.07. The van der Waals surface area contributed by atoms with E-state index in [1.807, 2.05) is 13.8 Å². The Bertz CT molecular complexity index is 413. The summed E-state index contributed by atoms with van der Waals surface area (Å²) in [5.74, 6) is -1.89. The molecule has 0 aromatic heterocycles. The van der Waals surface area contributed by atoms with Gasteiger partial charge in [-0.1, -0.05) is 12.1 Å². The van der Waals surface area contributed by atoms with Gasteiger partial charge in [0, 0.05) is 31.8 Å². The average Bonchev–Trinajstić information content (AvgIpc) is 2.41. The molecule has 0 spiro atoms. The number of nitrogens with zero attached hydrogens (tertiary/aromatic N) is 1. The van der Waals surface area contributed by atoms with Crippen LogP contribution in [0.3, 0.4) is 0 Å². The summed E-state index contributed by atoms with van der Waals surface area (Å²) in [5, 5.41) is 10.0. The van der Waals surface area contributed by atoms with E-state index in [2.05, 4.69) is 4.90 Å². The van der Waals surface area contributed by atoms with Gasteiger partial charge in [0.05, 0.1) is 12.7 Å². The van der Waals surface area contributed by atoms with E-state index in [-0.39, 0.29) is 5.56 Å². The average molecular weight is 287 g/mol. The molecule has 0 saturated carbocycles. The molecular formula is C15H23F2NO2. The number of aliphatic hydroxyl groups excluding tert-OH is 1. The van der Waals surface area contributed by atoms with Crippen molar-refractivity contribution in [3.8, 4) is 0 Å². The van der Waals surface area contributed by atoms with Crippen molar-refractivity contribution in [1.82, 2.24) is 4.90 Å². The Balaban J connectivity index is 2.60. The van der Waals surface area contributed by atoms with Crippen molar-refractivity contribution in [3.63, 3.8) is 0 Å². The Morgan fingerprint density at radius 1 is 1.25 bits per heavy atom. The van der Waals surface area contributed by atoms with Gasteiger partial charge in [-0.15, -0.1) is 0 Å². The Hall–Kier alpha value is -1.04. The van der Waals surface area contributed by atoms with Crippen molar-refractivity contribution < 1.29 is 18.6 Å². The zero-order valence-electron chi connectivity index (χ0n) is 12.3. The van der Waals surface area contributed by atoms with Gasteiger partial charge >= 0.3 is 0 Å². The Kier molecular flexibility index (Phi) is 7.05. The second-order valence-corrected chi connectivity index (χ2v) is 5.07. The molecule has 1 aromatic carbocycles. The molecule has 1 atom stereocenters.